The van der Waals surface area contributed by atoms with Crippen LogP contribution < -0.4 is 15.2 Å². The lowest BCUT2D eigenvalue weighted by Gasteiger charge is -2.31. The monoisotopic (exact) mass is 278 g/mol. The summed E-state index contributed by atoms with van der Waals surface area (Å²) in [6.07, 6.45) is 2.19. The molecule has 0 unspecified atom stereocenters. The van der Waals surface area contributed by atoms with Crippen molar-refractivity contribution in [1.29, 1.82) is 0 Å². The molecule has 1 heterocycles. The third-order valence-electron chi connectivity index (χ3n) is 3.53. The largest absolute Gasteiger partial charge is 0.493 e. The number of para-hydroxylation sites is 2. The number of primary amides is 1. The summed E-state index contributed by atoms with van der Waals surface area (Å²) in [5, 5.41) is 0. The smallest absolute Gasteiger partial charge is 0.231 e. The van der Waals surface area contributed by atoms with Crippen LogP contribution in [0.4, 0.5) is 0 Å². The van der Waals surface area contributed by atoms with E-state index in [1.807, 2.05) is 24.3 Å². The number of hydrogen-bond acceptors (Lipinski definition) is 4. The number of amides is 1. The maximum atomic E-state index is 11.0. The number of carbonyl (C=O) groups is 1. The first-order valence-corrected chi connectivity index (χ1v) is 6.95. The number of ether oxygens (including phenoxy) is 2. The lowest BCUT2D eigenvalue weighted by Crippen LogP contribution is -2.42. The molecule has 1 aliphatic heterocycles. The van der Waals surface area contributed by atoms with Crippen LogP contribution in [0.5, 0.6) is 11.5 Å². The summed E-state index contributed by atoms with van der Waals surface area (Å²) in [7, 11) is 1.64. The van der Waals surface area contributed by atoms with Gasteiger partial charge in [0.1, 0.15) is 0 Å². The Morgan fingerprint density at radius 1 is 1.40 bits per heavy atom. The van der Waals surface area contributed by atoms with Gasteiger partial charge in [-0.1, -0.05) is 12.1 Å². The van der Waals surface area contributed by atoms with Crippen molar-refractivity contribution in [3.8, 4) is 11.5 Å². The highest BCUT2D eigenvalue weighted by atomic mass is 16.5. The summed E-state index contributed by atoms with van der Waals surface area (Å²) in [6.45, 7) is 2.77. The van der Waals surface area contributed by atoms with Gasteiger partial charge < -0.3 is 15.2 Å². The summed E-state index contributed by atoms with van der Waals surface area (Å²) in [4.78, 5) is 13.1. The van der Waals surface area contributed by atoms with Crippen LogP contribution in [0.25, 0.3) is 0 Å². The Labute approximate surface area is 119 Å². The van der Waals surface area contributed by atoms with Gasteiger partial charge in [-0.25, -0.2) is 0 Å². The number of hydrogen-bond donors (Lipinski definition) is 1. The molecule has 0 aliphatic carbocycles. The molecular formula is C15H22N2O3. The molecule has 20 heavy (non-hydrogen) atoms. The fourth-order valence-corrected chi connectivity index (χ4v) is 2.60. The number of rotatable bonds is 6. The zero-order valence-electron chi connectivity index (χ0n) is 11.9. The molecule has 1 aromatic carbocycles. The predicted octanol–water partition coefficient (Wildman–Crippen LogP) is 1.27. The van der Waals surface area contributed by atoms with Gasteiger partial charge in [-0.15, -0.1) is 0 Å². The van der Waals surface area contributed by atoms with E-state index in [9.17, 15) is 4.79 Å². The first-order chi connectivity index (χ1) is 9.69. The maximum absolute atomic E-state index is 11.0. The minimum Gasteiger partial charge on any atom is -0.493 e. The third-order valence-corrected chi connectivity index (χ3v) is 3.53. The van der Waals surface area contributed by atoms with Crippen LogP contribution in [0.3, 0.4) is 0 Å². The van der Waals surface area contributed by atoms with Crippen molar-refractivity contribution in [2.45, 2.75) is 12.8 Å². The highest BCUT2D eigenvalue weighted by Gasteiger charge is 2.21. The van der Waals surface area contributed by atoms with Crippen LogP contribution in [-0.2, 0) is 4.79 Å². The summed E-state index contributed by atoms with van der Waals surface area (Å²) in [5.41, 5.74) is 5.24. The van der Waals surface area contributed by atoms with Gasteiger partial charge in [-0.3, -0.25) is 9.69 Å². The first kappa shape index (κ1) is 14.7. The molecule has 0 radical (unpaired) electrons. The van der Waals surface area contributed by atoms with Crippen molar-refractivity contribution in [3.63, 3.8) is 0 Å². The van der Waals surface area contributed by atoms with Crippen molar-refractivity contribution < 1.29 is 14.3 Å². The Balaban J connectivity index is 1.85. The molecule has 110 valence electrons. The van der Waals surface area contributed by atoms with E-state index in [0.717, 1.165) is 37.4 Å². The fourth-order valence-electron chi connectivity index (χ4n) is 2.60. The van der Waals surface area contributed by atoms with Crippen molar-refractivity contribution in [2.75, 3.05) is 33.4 Å². The number of benzene rings is 1. The van der Waals surface area contributed by atoms with Gasteiger partial charge in [0.2, 0.25) is 5.91 Å². The Bertz CT molecular complexity index is 450. The Kier molecular flexibility index (Phi) is 5.24. The molecule has 2 rings (SSSR count). The molecule has 1 aromatic rings. The molecule has 2 N–H and O–H groups in total. The topological polar surface area (TPSA) is 64.8 Å². The molecule has 5 heteroatoms. The molecule has 5 nitrogen and oxygen atoms in total. The minimum absolute atomic E-state index is 0.267. The van der Waals surface area contributed by atoms with Gasteiger partial charge in [-0.05, 0) is 31.5 Å². The Morgan fingerprint density at radius 3 is 2.85 bits per heavy atom. The molecular weight excluding hydrogens is 256 g/mol. The standard InChI is InChI=1S/C15H22N2O3/c1-19-13-6-2-3-7-14(13)20-11-12-5-4-8-17(9-12)10-15(16)18/h2-3,6-7,12H,4-5,8-11H2,1H3,(H2,16,18)/t12-/m0/s1. The molecule has 1 atom stereocenters. The van der Waals surface area contributed by atoms with Crippen molar-refractivity contribution in [3.05, 3.63) is 24.3 Å². The maximum Gasteiger partial charge on any atom is 0.231 e. The van der Waals surface area contributed by atoms with Crippen LogP contribution in [0.2, 0.25) is 0 Å². The highest BCUT2D eigenvalue weighted by Crippen LogP contribution is 2.27. The summed E-state index contributed by atoms with van der Waals surface area (Å²) in [6, 6.07) is 7.64. The van der Waals surface area contributed by atoms with Gasteiger partial charge in [-0.2, -0.15) is 0 Å². The van der Waals surface area contributed by atoms with Crippen LogP contribution in [0.15, 0.2) is 24.3 Å². The highest BCUT2D eigenvalue weighted by molar-refractivity contribution is 5.75. The summed E-state index contributed by atoms with van der Waals surface area (Å²) in [5.74, 6) is 1.67. The van der Waals surface area contributed by atoms with Gasteiger partial charge in [0.25, 0.3) is 0 Å². The van der Waals surface area contributed by atoms with Crippen molar-refractivity contribution in [2.24, 2.45) is 11.7 Å². The summed E-state index contributed by atoms with van der Waals surface area (Å²) >= 11 is 0. The van der Waals surface area contributed by atoms with Gasteiger partial charge in [0.05, 0.1) is 20.3 Å². The third kappa shape index (κ3) is 4.13. The number of methoxy groups -OCH3 is 1. The molecule has 1 fully saturated rings. The summed E-state index contributed by atoms with van der Waals surface area (Å²) < 4.78 is 11.1. The number of nitrogens with two attached hydrogens (primary N) is 1. The minimum atomic E-state index is -0.267. The molecule has 1 aliphatic rings. The SMILES string of the molecule is COc1ccccc1OC[C@H]1CCCN(CC(N)=O)C1. The number of likely N-dealkylation sites (tertiary alicyclic amines) is 1. The average Bonchev–Trinajstić information content (AvgIpc) is 2.45. The molecule has 0 spiro atoms. The van der Waals surface area contributed by atoms with E-state index in [1.54, 1.807) is 7.11 Å². The van der Waals surface area contributed by atoms with Crippen LogP contribution in [-0.4, -0.2) is 44.2 Å². The predicted molar refractivity (Wildman–Crippen MR) is 76.8 cm³/mol. The number of nitrogens with zero attached hydrogens (tertiary/aromatic N) is 1. The number of piperidine rings is 1. The van der Waals surface area contributed by atoms with E-state index in [2.05, 4.69) is 4.90 Å². The number of carbonyl (C=O) groups excluding carboxylic acids is 1. The quantitative estimate of drug-likeness (QED) is 0.851. The first-order valence-electron chi connectivity index (χ1n) is 6.95. The van der Waals surface area contributed by atoms with E-state index in [-0.39, 0.29) is 5.91 Å². The lowest BCUT2D eigenvalue weighted by molar-refractivity contribution is -0.119. The van der Waals surface area contributed by atoms with E-state index in [1.165, 1.54) is 0 Å². The zero-order valence-corrected chi connectivity index (χ0v) is 11.9. The van der Waals surface area contributed by atoms with Gasteiger partial charge in [0.15, 0.2) is 11.5 Å². The van der Waals surface area contributed by atoms with E-state index < -0.39 is 0 Å². The van der Waals surface area contributed by atoms with Crippen molar-refractivity contribution >= 4 is 5.91 Å². The Hall–Kier alpha value is -1.75. The fraction of sp³-hybridized carbons (Fsp3) is 0.533. The van der Waals surface area contributed by atoms with E-state index in [0.29, 0.717) is 19.1 Å². The second kappa shape index (κ2) is 7.14. The van der Waals surface area contributed by atoms with Crippen LogP contribution in [0.1, 0.15) is 12.8 Å². The second-order valence-corrected chi connectivity index (χ2v) is 5.17. The molecule has 1 saturated heterocycles. The molecule has 0 aromatic heterocycles. The normalized spacial score (nSPS) is 19.6. The lowest BCUT2D eigenvalue weighted by atomic mass is 9.99. The van der Waals surface area contributed by atoms with Gasteiger partial charge >= 0.3 is 0 Å². The molecule has 1 amide bonds. The van der Waals surface area contributed by atoms with E-state index in [4.69, 9.17) is 15.2 Å². The Morgan fingerprint density at radius 2 is 2.15 bits per heavy atom. The van der Waals surface area contributed by atoms with Crippen LogP contribution >= 0.6 is 0 Å². The van der Waals surface area contributed by atoms with Gasteiger partial charge in [0, 0.05) is 12.5 Å². The molecule has 0 bridgehead atoms. The molecule has 0 saturated carbocycles. The second-order valence-electron chi connectivity index (χ2n) is 5.17. The zero-order chi connectivity index (χ0) is 14.4. The average molecular weight is 278 g/mol. The van der Waals surface area contributed by atoms with E-state index >= 15 is 0 Å². The van der Waals surface area contributed by atoms with Crippen molar-refractivity contribution in [1.82, 2.24) is 4.90 Å². The van der Waals surface area contributed by atoms with Crippen LogP contribution in [0, 0.1) is 5.92 Å².